The number of amides is 1. The number of aromatic nitrogens is 1. The van der Waals surface area contributed by atoms with Crippen LogP contribution in [0.2, 0.25) is 0 Å². The smallest absolute Gasteiger partial charge is 0.246 e. The lowest BCUT2D eigenvalue weighted by Gasteiger charge is -2.30. The highest BCUT2D eigenvalue weighted by atomic mass is 16.4. The lowest BCUT2D eigenvalue weighted by molar-refractivity contribution is -0.128. The number of aliphatic hydroxyl groups excluding tert-OH is 1. The molecule has 1 amide bonds. The molecule has 0 aliphatic carbocycles. The molecule has 132 valence electrons. The summed E-state index contributed by atoms with van der Waals surface area (Å²) in [4.78, 5) is 18.7. The first-order chi connectivity index (χ1) is 12.2. The second kappa shape index (κ2) is 8.62. The molecule has 0 radical (unpaired) electrons. The quantitative estimate of drug-likeness (QED) is 0.845. The van der Waals surface area contributed by atoms with Gasteiger partial charge in [0.1, 0.15) is 11.9 Å². The molecule has 2 atom stereocenters. The third-order valence-corrected chi connectivity index (χ3v) is 4.63. The van der Waals surface area contributed by atoms with Gasteiger partial charge in [0.05, 0.1) is 6.26 Å². The molecular weight excluding hydrogens is 316 g/mol. The minimum atomic E-state index is -0.685. The van der Waals surface area contributed by atoms with Crippen LogP contribution in [0.3, 0.4) is 0 Å². The summed E-state index contributed by atoms with van der Waals surface area (Å²) in [5, 5.41) is 10.4. The van der Waals surface area contributed by atoms with E-state index in [0.29, 0.717) is 12.2 Å². The van der Waals surface area contributed by atoms with Gasteiger partial charge in [0, 0.05) is 37.5 Å². The molecule has 1 aliphatic rings. The molecule has 0 aromatic carbocycles. The standard InChI is InChI=1S/C20H24N2O3/c23-18(19-8-5-13-25-19)14-17-7-2-1-3-12-22(17)20(24)10-9-16-6-4-11-21-15-16/h4-6,8-11,13,15,17-18,23H,1-3,7,12,14H2/b10-9+. The average Bonchev–Trinajstić information content (AvgIpc) is 3.08. The summed E-state index contributed by atoms with van der Waals surface area (Å²) < 4.78 is 5.29. The number of rotatable bonds is 5. The van der Waals surface area contributed by atoms with Gasteiger partial charge in [-0.05, 0) is 42.7 Å². The van der Waals surface area contributed by atoms with Crippen molar-refractivity contribution in [3.8, 4) is 0 Å². The molecule has 0 saturated carbocycles. The fraction of sp³-hybridized carbons (Fsp3) is 0.400. The molecule has 2 aromatic rings. The Morgan fingerprint density at radius 3 is 3.04 bits per heavy atom. The van der Waals surface area contributed by atoms with E-state index in [9.17, 15) is 9.90 Å². The maximum Gasteiger partial charge on any atom is 0.246 e. The van der Waals surface area contributed by atoms with Gasteiger partial charge in [-0.2, -0.15) is 0 Å². The molecule has 3 heterocycles. The molecule has 3 rings (SSSR count). The van der Waals surface area contributed by atoms with Crippen molar-refractivity contribution in [2.45, 2.75) is 44.2 Å². The number of furan rings is 1. The molecular formula is C20H24N2O3. The van der Waals surface area contributed by atoms with Crippen molar-refractivity contribution >= 4 is 12.0 Å². The molecule has 0 spiro atoms. The second-order valence-electron chi connectivity index (χ2n) is 6.42. The predicted octanol–water partition coefficient (Wildman–Crippen LogP) is 3.58. The van der Waals surface area contributed by atoms with Gasteiger partial charge >= 0.3 is 0 Å². The van der Waals surface area contributed by atoms with Gasteiger partial charge in [-0.25, -0.2) is 0 Å². The first-order valence-corrected chi connectivity index (χ1v) is 8.84. The number of hydrogen-bond acceptors (Lipinski definition) is 4. The topological polar surface area (TPSA) is 66.6 Å². The molecule has 1 aliphatic heterocycles. The third kappa shape index (κ3) is 4.79. The first kappa shape index (κ1) is 17.4. The summed E-state index contributed by atoms with van der Waals surface area (Å²) >= 11 is 0. The van der Waals surface area contributed by atoms with E-state index < -0.39 is 6.10 Å². The van der Waals surface area contributed by atoms with E-state index in [4.69, 9.17) is 4.42 Å². The highest BCUT2D eigenvalue weighted by Gasteiger charge is 2.27. The van der Waals surface area contributed by atoms with Crippen LogP contribution in [0.15, 0.2) is 53.4 Å². The number of nitrogens with zero attached hydrogens (tertiary/aromatic N) is 2. The number of likely N-dealkylation sites (tertiary alicyclic amines) is 1. The van der Waals surface area contributed by atoms with Crippen LogP contribution in [-0.4, -0.2) is 33.5 Å². The number of carbonyl (C=O) groups excluding carboxylic acids is 1. The Morgan fingerprint density at radius 2 is 2.28 bits per heavy atom. The molecule has 2 unspecified atom stereocenters. The normalized spacial score (nSPS) is 19.7. The Hall–Kier alpha value is -2.40. The van der Waals surface area contributed by atoms with Crippen LogP contribution in [0.1, 0.15) is 49.5 Å². The number of carbonyl (C=O) groups is 1. The van der Waals surface area contributed by atoms with Crippen LogP contribution in [-0.2, 0) is 4.79 Å². The van der Waals surface area contributed by atoms with E-state index in [1.807, 2.05) is 17.0 Å². The minimum absolute atomic E-state index is 0.0117. The lowest BCUT2D eigenvalue weighted by Crippen LogP contribution is -2.40. The predicted molar refractivity (Wildman–Crippen MR) is 95.5 cm³/mol. The van der Waals surface area contributed by atoms with Gasteiger partial charge in [0.25, 0.3) is 0 Å². The third-order valence-electron chi connectivity index (χ3n) is 4.63. The maximum absolute atomic E-state index is 12.7. The average molecular weight is 340 g/mol. The molecule has 5 heteroatoms. The fourth-order valence-corrected chi connectivity index (χ4v) is 3.31. The molecule has 2 aromatic heterocycles. The van der Waals surface area contributed by atoms with Gasteiger partial charge in [0.15, 0.2) is 0 Å². The SMILES string of the molecule is O=C(/C=C/c1cccnc1)N1CCCCCC1CC(O)c1ccco1. The van der Waals surface area contributed by atoms with Crippen molar-refractivity contribution in [1.29, 1.82) is 0 Å². The summed E-state index contributed by atoms with van der Waals surface area (Å²) in [7, 11) is 0. The maximum atomic E-state index is 12.7. The summed E-state index contributed by atoms with van der Waals surface area (Å²) in [6.07, 6.45) is 12.3. The van der Waals surface area contributed by atoms with Crippen LogP contribution in [0.25, 0.3) is 6.08 Å². The van der Waals surface area contributed by atoms with Gasteiger partial charge in [-0.15, -0.1) is 0 Å². The summed E-state index contributed by atoms with van der Waals surface area (Å²) in [5.41, 5.74) is 0.901. The van der Waals surface area contributed by atoms with Crippen molar-refractivity contribution in [3.05, 3.63) is 60.3 Å². The van der Waals surface area contributed by atoms with Crippen LogP contribution < -0.4 is 0 Å². The molecule has 1 N–H and O–H groups in total. The van der Waals surface area contributed by atoms with Crippen molar-refractivity contribution < 1.29 is 14.3 Å². The molecule has 1 fully saturated rings. The Kier molecular flexibility index (Phi) is 6.01. The molecule has 0 bridgehead atoms. The molecule has 5 nitrogen and oxygen atoms in total. The zero-order valence-corrected chi connectivity index (χ0v) is 14.3. The Labute approximate surface area is 148 Å². The van der Waals surface area contributed by atoms with Gasteiger partial charge < -0.3 is 14.4 Å². The van der Waals surface area contributed by atoms with E-state index in [1.165, 1.54) is 0 Å². The molecule has 25 heavy (non-hydrogen) atoms. The van der Waals surface area contributed by atoms with Gasteiger partial charge in [0.2, 0.25) is 5.91 Å². The number of hydrogen-bond donors (Lipinski definition) is 1. The minimum Gasteiger partial charge on any atom is -0.467 e. The lowest BCUT2D eigenvalue weighted by atomic mass is 10.0. The fourth-order valence-electron chi connectivity index (χ4n) is 3.31. The van der Waals surface area contributed by atoms with Crippen molar-refractivity contribution in [2.75, 3.05) is 6.54 Å². The summed E-state index contributed by atoms with van der Waals surface area (Å²) in [5.74, 6) is 0.546. The Bertz CT molecular complexity index is 682. The van der Waals surface area contributed by atoms with Crippen LogP contribution >= 0.6 is 0 Å². The Morgan fingerprint density at radius 1 is 1.36 bits per heavy atom. The summed E-state index contributed by atoms with van der Waals surface area (Å²) in [6, 6.07) is 7.32. The first-order valence-electron chi connectivity index (χ1n) is 8.84. The van der Waals surface area contributed by atoms with Gasteiger partial charge in [-0.1, -0.05) is 18.9 Å². The van der Waals surface area contributed by atoms with Crippen LogP contribution in [0.5, 0.6) is 0 Å². The zero-order valence-electron chi connectivity index (χ0n) is 14.3. The largest absolute Gasteiger partial charge is 0.467 e. The van der Waals surface area contributed by atoms with Crippen LogP contribution in [0.4, 0.5) is 0 Å². The van der Waals surface area contributed by atoms with Gasteiger partial charge in [-0.3, -0.25) is 9.78 Å². The Balaban J connectivity index is 1.69. The summed E-state index contributed by atoms with van der Waals surface area (Å²) in [6.45, 7) is 0.728. The highest BCUT2D eigenvalue weighted by Crippen LogP contribution is 2.27. The highest BCUT2D eigenvalue weighted by molar-refractivity contribution is 5.92. The van der Waals surface area contributed by atoms with E-state index in [2.05, 4.69) is 4.98 Å². The van der Waals surface area contributed by atoms with Crippen molar-refractivity contribution in [1.82, 2.24) is 9.88 Å². The zero-order chi connectivity index (χ0) is 17.5. The number of aliphatic hydroxyl groups is 1. The second-order valence-corrected chi connectivity index (χ2v) is 6.42. The molecule has 1 saturated heterocycles. The van der Waals surface area contributed by atoms with E-state index in [1.54, 1.807) is 42.9 Å². The van der Waals surface area contributed by atoms with Crippen molar-refractivity contribution in [2.24, 2.45) is 0 Å². The monoisotopic (exact) mass is 340 g/mol. The van der Waals surface area contributed by atoms with E-state index in [0.717, 1.165) is 37.8 Å². The van der Waals surface area contributed by atoms with E-state index in [-0.39, 0.29) is 11.9 Å². The van der Waals surface area contributed by atoms with E-state index >= 15 is 0 Å². The van der Waals surface area contributed by atoms with Crippen molar-refractivity contribution in [3.63, 3.8) is 0 Å². The number of pyridine rings is 1. The van der Waals surface area contributed by atoms with Crippen LogP contribution in [0, 0.1) is 0 Å².